The smallest absolute Gasteiger partial charge is 0.228 e. The van der Waals surface area contributed by atoms with E-state index in [4.69, 9.17) is 16.3 Å². The number of anilines is 1. The van der Waals surface area contributed by atoms with Crippen molar-refractivity contribution in [3.8, 4) is 22.6 Å². The highest BCUT2D eigenvalue weighted by molar-refractivity contribution is 7.91. The Morgan fingerprint density at radius 3 is 2.47 bits per heavy atom. The number of halogens is 2. The molecule has 9 heteroatoms. The summed E-state index contributed by atoms with van der Waals surface area (Å²) in [6.45, 7) is 1.58. The molecule has 0 aliphatic heterocycles. The minimum Gasteiger partial charge on any atom is -0.457 e. The average molecular weight is 525 g/mol. The van der Waals surface area contributed by atoms with Crippen LogP contribution in [0.25, 0.3) is 11.1 Å². The van der Waals surface area contributed by atoms with E-state index >= 15 is 0 Å². The van der Waals surface area contributed by atoms with Gasteiger partial charge in [-0.15, -0.1) is 0 Å². The van der Waals surface area contributed by atoms with Gasteiger partial charge in [-0.05, 0) is 60.2 Å². The molecule has 4 aromatic rings. The van der Waals surface area contributed by atoms with Crippen molar-refractivity contribution in [2.45, 2.75) is 18.2 Å². The fraction of sp³-hybridized carbons (Fsp3) is 0.111. The molecule has 0 spiro atoms. The molecule has 36 heavy (non-hydrogen) atoms. The van der Waals surface area contributed by atoms with E-state index in [1.807, 2.05) is 0 Å². The van der Waals surface area contributed by atoms with Gasteiger partial charge in [-0.2, -0.15) is 4.39 Å². The Kier molecular flexibility index (Phi) is 7.67. The molecule has 0 atom stereocenters. The maximum Gasteiger partial charge on any atom is 0.228 e. The van der Waals surface area contributed by atoms with E-state index in [1.54, 1.807) is 73.7 Å². The summed E-state index contributed by atoms with van der Waals surface area (Å²) in [4.78, 5) is 16.6. The highest BCUT2D eigenvalue weighted by atomic mass is 35.5. The number of sulfone groups is 1. The van der Waals surface area contributed by atoms with Crippen molar-refractivity contribution in [1.82, 2.24) is 4.98 Å². The molecule has 6 nitrogen and oxygen atoms in total. The van der Waals surface area contributed by atoms with Gasteiger partial charge in [0.15, 0.2) is 9.84 Å². The third-order valence-corrected chi connectivity index (χ3v) is 7.35. The normalized spacial score (nSPS) is 11.2. The SMILES string of the molecule is CCS(=O)(=O)c1ccc(CC(=O)Nc2ccc(-c3cccnc3F)c(Oc3cccc(Cl)c3)c2)cc1. The van der Waals surface area contributed by atoms with Crippen molar-refractivity contribution in [3.05, 3.63) is 102 Å². The summed E-state index contributed by atoms with van der Waals surface area (Å²) < 4.78 is 44.4. The highest BCUT2D eigenvalue weighted by Crippen LogP contribution is 2.37. The second-order valence-electron chi connectivity index (χ2n) is 7.88. The van der Waals surface area contributed by atoms with Gasteiger partial charge in [0, 0.05) is 34.1 Å². The summed E-state index contributed by atoms with van der Waals surface area (Å²) in [5.74, 6) is -0.214. The predicted octanol–water partition coefficient (Wildman–Crippen LogP) is 6.31. The zero-order valence-corrected chi connectivity index (χ0v) is 20.8. The fourth-order valence-corrected chi connectivity index (χ4v) is 4.59. The van der Waals surface area contributed by atoms with E-state index in [1.165, 1.54) is 18.3 Å². The van der Waals surface area contributed by atoms with Gasteiger partial charge in [0.2, 0.25) is 11.9 Å². The van der Waals surface area contributed by atoms with E-state index in [-0.39, 0.29) is 28.5 Å². The number of amides is 1. The Labute approximate surface area is 213 Å². The third-order valence-electron chi connectivity index (χ3n) is 5.37. The molecule has 0 bridgehead atoms. The molecule has 0 unspecified atom stereocenters. The summed E-state index contributed by atoms with van der Waals surface area (Å²) >= 11 is 6.07. The quantitative estimate of drug-likeness (QED) is 0.273. The first-order chi connectivity index (χ1) is 17.2. The van der Waals surface area contributed by atoms with Crippen LogP contribution in [0.5, 0.6) is 11.5 Å². The molecule has 3 aromatic carbocycles. The molecule has 1 aromatic heterocycles. The van der Waals surface area contributed by atoms with Crippen LogP contribution in [-0.2, 0) is 21.1 Å². The number of hydrogen-bond donors (Lipinski definition) is 1. The summed E-state index contributed by atoms with van der Waals surface area (Å²) in [6.07, 6.45) is 1.39. The van der Waals surface area contributed by atoms with Crippen molar-refractivity contribution < 1.29 is 22.3 Å². The van der Waals surface area contributed by atoms with Crippen LogP contribution < -0.4 is 10.1 Å². The molecule has 0 saturated carbocycles. The molecule has 0 aliphatic carbocycles. The Bertz CT molecular complexity index is 1510. The van der Waals surface area contributed by atoms with Gasteiger partial charge in [-0.25, -0.2) is 13.4 Å². The van der Waals surface area contributed by atoms with Gasteiger partial charge in [0.25, 0.3) is 0 Å². The third kappa shape index (κ3) is 6.08. The summed E-state index contributed by atoms with van der Waals surface area (Å²) in [5.41, 5.74) is 1.79. The van der Waals surface area contributed by atoms with Crippen LogP contribution in [0.4, 0.5) is 10.1 Å². The van der Waals surface area contributed by atoms with E-state index in [0.29, 0.717) is 33.3 Å². The lowest BCUT2D eigenvalue weighted by Crippen LogP contribution is -2.14. The molecule has 4 rings (SSSR count). The van der Waals surface area contributed by atoms with E-state index in [9.17, 15) is 17.6 Å². The molecule has 1 N–H and O–H groups in total. The Balaban J connectivity index is 1.58. The Morgan fingerprint density at radius 1 is 1.00 bits per heavy atom. The number of nitrogens with one attached hydrogen (secondary N) is 1. The topological polar surface area (TPSA) is 85.4 Å². The summed E-state index contributed by atoms with van der Waals surface area (Å²) in [7, 11) is -3.31. The first kappa shape index (κ1) is 25.3. The largest absolute Gasteiger partial charge is 0.457 e. The van der Waals surface area contributed by atoms with Gasteiger partial charge in [-0.1, -0.05) is 36.7 Å². The molecule has 0 radical (unpaired) electrons. The van der Waals surface area contributed by atoms with Crippen molar-refractivity contribution in [2.24, 2.45) is 0 Å². The monoisotopic (exact) mass is 524 g/mol. The number of hydrogen-bond acceptors (Lipinski definition) is 5. The van der Waals surface area contributed by atoms with Crippen LogP contribution in [0.15, 0.2) is 90.0 Å². The first-order valence-electron chi connectivity index (χ1n) is 11.0. The predicted molar refractivity (Wildman–Crippen MR) is 138 cm³/mol. The lowest BCUT2D eigenvalue weighted by Gasteiger charge is -2.14. The van der Waals surface area contributed by atoms with Gasteiger partial charge < -0.3 is 10.1 Å². The fourth-order valence-electron chi connectivity index (χ4n) is 3.52. The number of nitrogens with zero attached hydrogens (tertiary/aromatic N) is 1. The molecular weight excluding hydrogens is 503 g/mol. The van der Waals surface area contributed by atoms with Crippen molar-refractivity contribution >= 4 is 33.0 Å². The first-order valence-corrected chi connectivity index (χ1v) is 13.1. The zero-order valence-electron chi connectivity index (χ0n) is 19.2. The summed E-state index contributed by atoms with van der Waals surface area (Å²) in [6, 6.07) is 21.1. The van der Waals surface area contributed by atoms with Gasteiger partial charge in [0.1, 0.15) is 11.5 Å². The van der Waals surface area contributed by atoms with Crippen LogP contribution in [0, 0.1) is 5.95 Å². The van der Waals surface area contributed by atoms with E-state index in [2.05, 4.69) is 10.3 Å². The highest BCUT2D eigenvalue weighted by Gasteiger charge is 2.15. The van der Waals surface area contributed by atoms with Gasteiger partial charge in [0.05, 0.1) is 17.1 Å². The van der Waals surface area contributed by atoms with Crippen molar-refractivity contribution in [1.29, 1.82) is 0 Å². The van der Waals surface area contributed by atoms with Crippen molar-refractivity contribution in [3.63, 3.8) is 0 Å². The molecule has 0 saturated heterocycles. The van der Waals surface area contributed by atoms with Crippen LogP contribution in [-0.4, -0.2) is 25.1 Å². The zero-order chi connectivity index (χ0) is 25.7. The van der Waals surface area contributed by atoms with E-state index in [0.717, 1.165) is 0 Å². The molecule has 0 fully saturated rings. The number of pyridine rings is 1. The maximum absolute atomic E-state index is 14.4. The van der Waals surface area contributed by atoms with E-state index < -0.39 is 15.8 Å². The molecule has 1 heterocycles. The minimum atomic E-state index is -3.31. The van der Waals surface area contributed by atoms with Gasteiger partial charge in [-0.3, -0.25) is 4.79 Å². The summed E-state index contributed by atoms with van der Waals surface area (Å²) in [5, 5.41) is 3.28. The maximum atomic E-state index is 14.4. The van der Waals surface area contributed by atoms with Crippen molar-refractivity contribution in [2.75, 3.05) is 11.1 Å². The average Bonchev–Trinajstić information content (AvgIpc) is 2.85. The number of carbonyl (C=O) groups excluding carboxylic acids is 1. The van der Waals surface area contributed by atoms with Crippen LogP contribution in [0.1, 0.15) is 12.5 Å². The second kappa shape index (κ2) is 10.9. The second-order valence-corrected chi connectivity index (χ2v) is 10.6. The standard InChI is InChI=1S/C27H22ClFN2O4S/c1-2-36(33,34)22-11-8-18(9-12-22)15-26(32)31-20-10-13-23(24-7-4-14-30-27(24)29)25(17-20)35-21-6-3-5-19(28)16-21/h3-14,16-17H,2,15H2,1H3,(H,31,32). The number of rotatable bonds is 8. The number of ether oxygens (including phenoxy) is 1. The number of aromatic nitrogens is 1. The Hall–Kier alpha value is -3.75. The number of benzene rings is 3. The molecular formula is C27H22ClFN2O4S. The van der Waals surface area contributed by atoms with Crippen LogP contribution in [0.2, 0.25) is 5.02 Å². The molecule has 184 valence electrons. The molecule has 0 aliphatic rings. The lowest BCUT2D eigenvalue weighted by atomic mass is 10.1. The number of carbonyl (C=O) groups is 1. The minimum absolute atomic E-state index is 0.00532. The molecule has 1 amide bonds. The lowest BCUT2D eigenvalue weighted by molar-refractivity contribution is -0.115. The Morgan fingerprint density at radius 2 is 1.78 bits per heavy atom. The van der Waals surface area contributed by atoms with Crippen LogP contribution >= 0.6 is 11.6 Å². The van der Waals surface area contributed by atoms with Gasteiger partial charge >= 0.3 is 0 Å². The van der Waals surface area contributed by atoms with Crippen LogP contribution in [0.3, 0.4) is 0 Å².